The van der Waals surface area contributed by atoms with Gasteiger partial charge >= 0.3 is 0 Å². The Balaban J connectivity index is 1.44. The van der Waals surface area contributed by atoms with Crippen LogP contribution in [0.15, 0.2) is 35.4 Å². The van der Waals surface area contributed by atoms with Crippen molar-refractivity contribution in [1.29, 1.82) is 0 Å². The van der Waals surface area contributed by atoms with E-state index in [1.165, 1.54) is 22.5 Å². The molecule has 1 saturated heterocycles. The van der Waals surface area contributed by atoms with Crippen molar-refractivity contribution in [1.82, 2.24) is 14.6 Å². The van der Waals surface area contributed by atoms with E-state index in [1.54, 1.807) is 11.3 Å². The normalized spacial score (nSPS) is 16.2. The molecule has 0 unspecified atom stereocenters. The number of nitrogens with one attached hydrogen (secondary N) is 1. The van der Waals surface area contributed by atoms with Gasteiger partial charge in [0.2, 0.25) is 15.9 Å². The second-order valence-electron chi connectivity index (χ2n) is 6.97. The van der Waals surface area contributed by atoms with E-state index < -0.39 is 15.8 Å². The Morgan fingerprint density at radius 2 is 2.11 bits per heavy atom. The van der Waals surface area contributed by atoms with E-state index in [2.05, 4.69) is 10.3 Å². The van der Waals surface area contributed by atoms with E-state index in [4.69, 9.17) is 0 Å². The first kappa shape index (κ1) is 20.9. The molecule has 0 atom stereocenters. The molecule has 2 heterocycles. The molecular formula is C19H24FN3O3S2. The number of hydrogen-bond acceptors (Lipinski definition) is 5. The molecular weight excluding hydrogens is 401 g/mol. The van der Waals surface area contributed by atoms with Gasteiger partial charge in [-0.3, -0.25) is 4.79 Å². The molecule has 0 bridgehead atoms. The Kier molecular flexibility index (Phi) is 6.79. The van der Waals surface area contributed by atoms with Crippen LogP contribution in [0, 0.1) is 18.7 Å². The predicted molar refractivity (Wildman–Crippen MR) is 106 cm³/mol. The highest BCUT2D eigenvalue weighted by Crippen LogP contribution is 2.26. The van der Waals surface area contributed by atoms with Crippen molar-refractivity contribution < 1.29 is 17.6 Å². The van der Waals surface area contributed by atoms with Crippen molar-refractivity contribution in [2.45, 2.75) is 37.5 Å². The van der Waals surface area contributed by atoms with Crippen LogP contribution in [0.5, 0.6) is 0 Å². The van der Waals surface area contributed by atoms with Crippen LogP contribution in [-0.2, 0) is 21.2 Å². The Morgan fingerprint density at radius 1 is 1.36 bits per heavy atom. The van der Waals surface area contributed by atoms with Crippen LogP contribution in [0.1, 0.15) is 29.1 Å². The number of piperidine rings is 1. The fourth-order valence-corrected chi connectivity index (χ4v) is 5.58. The Morgan fingerprint density at radius 3 is 2.75 bits per heavy atom. The number of hydrogen-bond donors (Lipinski definition) is 1. The van der Waals surface area contributed by atoms with Crippen molar-refractivity contribution >= 4 is 27.3 Å². The largest absolute Gasteiger partial charge is 0.356 e. The molecule has 0 aliphatic carbocycles. The summed E-state index contributed by atoms with van der Waals surface area (Å²) in [5.41, 5.74) is 0. The van der Waals surface area contributed by atoms with Crippen molar-refractivity contribution in [3.05, 3.63) is 46.2 Å². The Labute approximate surface area is 168 Å². The predicted octanol–water partition coefficient (Wildman–Crippen LogP) is 2.74. The first-order valence-corrected chi connectivity index (χ1v) is 11.5. The Hall–Kier alpha value is -1.84. The summed E-state index contributed by atoms with van der Waals surface area (Å²) < 4.78 is 40.0. The number of nitrogens with zero attached hydrogens (tertiary/aromatic N) is 2. The van der Waals surface area contributed by atoms with Gasteiger partial charge in [-0.25, -0.2) is 17.8 Å². The third-order valence-electron chi connectivity index (χ3n) is 4.81. The van der Waals surface area contributed by atoms with Crippen LogP contribution < -0.4 is 5.32 Å². The zero-order valence-corrected chi connectivity index (χ0v) is 17.4. The van der Waals surface area contributed by atoms with Gasteiger partial charge in [0.15, 0.2) is 0 Å². The molecule has 1 N–H and O–H groups in total. The van der Waals surface area contributed by atoms with Gasteiger partial charge in [0.05, 0.1) is 9.90 Å². The number of carbonyl (C=O) groups excluding carboxylic acids is 1. The highest BCUT2D eigenvalue weighted by molar-refractivity contribution is 7.89. The maximum absolute atomic E-state index is 13.4. The van der Waals surface area contributed by atoms with Gasteiger partial charge in [0, 0.05) is 43.5 Å². The number of thiazole rings is 1. The monoisotopic (exact) mass is 425 g/mol. The van der Waals surface area contributed by atoms with Crippen LogP contribution in [0.4, 0.5) is 4.39 Å². The maximum Gasteiger partial charge on any atom is 0.243 e. The lowest BCUT2D eigenvalue weighted by Crippen LogP contribution is -2.39. The smallest absolute Gasteiger partial charge is 0.243 e. The van der Waals surface area contributed by atoms with E-state index in [9.17, 15) is 17.6 Å². The molecule has 3 rings (SSSR count). The van der Waals surface area contributed by atoms with Gasteiger partial charge in [0.25, 0.3) is 0 Å². The maximum atomic E-state index is 13.4. The van der Waals surface area contributed by atoms with Gasteiger partial charge < -0.3 is 5.32 Å². The van der Waals surface area contributed by atoms with E-state index in [1.807, 2.05) is 13.1 Å². The number of sulfonamides is 1. The number of amides is 1. The van der Waals surface area contributed by atoms with E-state index in [0.29, 0.717) is 45.3 Å². The van der Waals surface area contributed by atoms with Crippen LogP contribution in [0.3, 0.4) is 0 Å². The fourth-order valence-electron chi connectivity index (χ4n) is 3.29. The summed E-state index contributed by atoms with van der Waals surface area (Å²) in [4.78, 5) is 17.5. The molecule has 1 aromatic heterocycles. The number of halogens is 1. The topological polar surface area (TPSA) is 79.4 Å². The molecule has 1 fully saturated rings. The standard InChI is InChI=1S/C19H24FN3O3S2/c1-14-13-22-19(27-14)5-8-21-18(24)11-15-6-9-23(10-7-15)28(25,26)17-4-2-3-16(20)12-17/h2-4,12-13,15H,5-11H2,1H3,(H,21,24). The summed E-state index contributed by atoms with van der Waals surface area (Å²) in [5.74, 6) is -0.429. The molecule has 152 valence electrons. The summed E-state index contributed by atoms with van der Waals surface area (Å²) in [5, 5.41) is 3.92. The average molecular weight is 426 g/mol. The second-order valence-corrected chi connectivity index (χ2v) is 10.2. The minimum absolute atomic E-state index is 0.0142. The number of aryl methyl sites for hydroxylation is 1. The first-order valence-electron chi connectivity index (χ1n) is 9.28. The van der Waals surface area contributed by atoms with Gasteiger partial charge in [-0.05, 0) is 43.9 Å². The van der Waals surface area contributed by atoms with Crippen LogP contribution in [0.25, 0.3) is 0 Å². The third kappa shape index (κ3) is 5.36. The van der Waals surface area contributed by atoms with Gasteiger partial charge in [0.1, 0.15) is 5.82 Å². The lowest BCUT2D eigenvalue weighted by Gasteiger charge is -2.31. The SMILES string of the molecule is Cc1cnc(CCNC(=O)CC2CCN(S(=O)(=O)c3cccc(F)c3)CC2)s1. The van der Waals surface area contributed by atoms with Gasteiger partial charge in [-0.15, -0.1) is 11.3 Å². The summed E-state index contributed by atoms with van der Waals surface area (Å²) in [6, 6.07) is 5.06. The lowest BCUT2D eigenvalue weighted by atomic mass is 9.94. The van der Waals surface area contributed by atoms with Crippen LogP contribution in [-0.4, -0.2) is 43.2 Å². The summed E-state index contributed by atoms with van der Waals surface area (Å²) in [7, 11) is -3.69. The van der Waals surface area contributed by atoms with Crippen molar-refractivity contribution in [3.8, 4) is 0 Å². The zero-order chi connectivity index (χ0) is 20.1. The molecule has 2 aromatic rings. The van der Waals surface area contributed by atoms with Crippen molar-refractivity contribution in [3.63, 3.8) is 0 Å². The summed E-state index contributed by atoms with van der Waals surface area (Å²) in [6.07, 6.45) is 4.17. The lowest BCUT2D eigenvalue weighted by molar-refractivity contribution is -0.122. The minimum Gasteiger partial charge on any atom is -0.356 e. The quantitative estimate of drug-likeness (QED) is 0.740. The fraction of sp³-hybridized carbons (Fsp3) is 0.474. The molecule has 0 saturated carbocycles. The summed E-state index contributed by atoms with van der Waals surface area (Å²) >= 11 is 1.63. The first-order chi connectivity index (χ1) is 13.3. The van der Waals surface area contributed by atoms with E-state index in [-0.39, 0.29) is 16.7 Å². The number of benzene rings is 1. The zero-order valence-electron chi connectivity index (χ0n) is 15.7. The molecule has 0 spiro atoms. The number of aromatic nitrogens is 1. The van der Waals surface area contributed by atoms with Crippen molar-refractivity contribution in [2.75, 3.05) is 19.6 Å². The highest BCUT2D eigenvalue weighted by Gasteiger charge is 2.30. The van der Waals surface area contributed by atoms with Crippen LogP contribution in [0.2, 0.25) is 0 Å². The molecule has 1 aromatic carbocycles. The minimum atomic E-state index is -3.69. The number of carbonyl (C=O) groups is 1. The summed E-state index contributed by atoms with van der Waals surface area (Å²) in [6.45, 7) is 3.24. The highest BCUT2D eigenvalue weighted by atomic mass is 32.2. The molecule has 1 aliphatic rings. The number of rotatable bonds is 7. The average Bonchev–Trinajstić information content (AvgIpc) is 3.07. The van der Waals surface area contributed by atoms with Gasteiger partial charge in [-0.2, -0.15) is 4.31 Å². The van der Waals surface area contributed by atoms with Crippen LogP contribution >= 0.6 is 11.3 Å². The van der Waals surface area contributed by atoms with E-state index >= 15 is 0 Å². The molecule has 1 amide bonds. The van der Waals surface area contributed by atoms with Crippen molar-refractivity contribution in [2.24, 2.45) is 5.92 Å². The molecule has 0 radical (unpaired) electrons. The molecule has 6 nitrogen and oxygen atoms in total. The second kappa shape index (κ2) is 9.11. The molecule has 1 aliphatic heterocycles. The van der Waals surface area contributed by atoms with E-state index in [0.717, 1.165) is 16.0 Å². The molecule has 28 heavy (non-hydrogen) atoms. The molecule has 9 heteroatoms. The Bertz CT molecular complexity index is 922. The third-order valence-corrected chi connectivity index (χ3v) is 7.68. The van der Waals surface area contributed by atoms with Gasteiger partial charge in [-0.1, -0.05) is 6.07 Å².